The first-order valence-electron chi connectivity index (χ1n) is 3.92. The molecule has 0 radical (unpaired) electrons. The summed E-state index contributed by atoms with van der Waals surface area (Å²) in [6.07, 6.45) is 1.05. The van der Waals surface area contributed by atoms with Gasteiger partial charge in [0.1, 0.15) is 0 Å². The Morgan fingerprint density at radius 3 is 2.77 bits per heavy atom. The van der Waals surface area contributed by atoms with Crippen molar-refractivity contribution in [2.24, 2.45) is 0 Å². The molecule has 0 bridgehead atoms. The molecule has 2 aliphatic heterocycles. The van der Waals surface area contributed by atoms with E-state index in [-0.39, 0.29) is 5.95 Å². The number of alkyl halides is 3. The molecule has 74 valence electrons. The van der Waals surface area contributed by atoms with Crippen LogP contribution in [-0.4, -0.2) is 26.6 Å². The molecule has 0 amide bonds. The molecule has 2 heterocycles. The number of aliphatic hydroxyl groups is 1. The van der Waals surface area contributed by atoms with Gasteiger partial charge in [0.05, 0.1) is 5.70 Å². The molecule has 2 aliphatic rings. The van der Waals surface area contributed by atoms with Crippen LogP contribution in [0.2, 0.25) is 0 Å². The zero-order chi connectivity index (χ0) is 9.64. The molecule has 0 aromatic carbocycles. The molecule has 0 aliphatic carbocycles. The van der Waals surface area contributed by atoms with Crippen LogP contribution in [-0.2, 0) is 4.74 Å². The van der Waals surface area contributed by atoms with Crippen LogP contribution < -0.4 is 0 Å². The second-order valence-electron chi connectivity index (χ2n) is 3.06. The number of aliphatic hydroxyl groups excluding tert-OH is 1. The maximum Gasteiger partial charge on any atom is 0.299 e. The first kappa shape index (κ1) is 9.56. The van der Waals surface area contributed by atoms with Crippen LogP contribution in [0.5, 0.6) is 0 Å². The van der Waals surface area contributed by atoms with Gasteiger partial charge < -0.3 is 14.7 Å². The van der Waals surface area contributed by atoms with Crippen molar-refractivity contribution < 1.29 is 9.84 Å². The topological polar surface area (TPSA) is 32.7 Å². The Balaban J connectivity index is 2.22. The lowest BCUT2D eigenvalue weighted by atomic mass is 10.3. The fraction of sp³-hybridized carbons (Fsp3) is 0.714. The lowest BCUT2D eigenvalue weighted by molar-refractivity contribution is 0.00333. The minimum atomic E-state index is -1.53. The SMILES string of the molecule is OC1=C2CCCN2[C@@H](C(Cl)(Cl)Cl)O1. The summed E-state index contributed by atoms with van der Waals surface area (Å²) in [5, 5.41) is 9.37. The molecule has 6 heteroatoms. The Bertz CT molecular complexity index is 261. The number of halogens is 3. The Morgan fingerprint density at radius 1 is 1.46 bits per heavy atom. The highest BCUT2D eigenvalue weighted by Gasteiger charge is 2.47. The summed E-state index contributed by atoms with van der Waals surface area (Å²) in [5.41, 5.74) is 0.747. The number of allylic oxidation sites excluding steroid dienone is 1. The molecule has 1 fully saturated rings. The fourth-order valence-electron chi connectivity index (χ4n) is 1.66. The predicted octanol–water partition coefficient (Wildman–Crippen LogP) is 2.54. The maximum absolute atomic E-state index is 9.37. The molecule has 0 aromatic heterocycles. The second kappa shape index (κ2) is 3.01. The van der Waals surface area contributed by atoms with E-state index >= 15 is 0 Å². The number of ether oxygens (including phenoxy) is 1. The zero-order valence-electron chi connectivity index (χ0n) is 6.64. The lowest BCUT2D eigenvalue weighted by Gasteiger charge is -2.27. The standard InChI is InChI=1S/C7H8Cl3NO2/c8-7(9,10)6-11-3-1-2-4(11)5(12)13-6/h6,12H,1-3H2/t6-/m1/s1. The first-order chi connectivity index (χ1) is 6.00. The molecule has 0 unspecified atom stereocenters. The summed E-state index contributed by atoms with van der Waals surface area (Å²) in [6.45, 7) is 0.762. The van der Waals surface area contributed by atoms with Crippen molar-refractivity contribution in [2.75, 3.05) is 6.54 Å². The predicted molar refractivity (Wildman–Crippen MR) is 50.8 cm³/mol. The van der Waals surface area contributed by atoms with Crippen LogP contribution in [0.1, 0.15) is 12.8 Å². The zero-order valence-corrected chi connectivity index (χ0v) is 8.90. The molecular formula is C7H8Cl3NO2. The van der Waals surface area contributed by atoms with Crippen LogP contribution in [0.4, 0.5) is 0 Å². The maximum atomic E-state index is 9.37. The average Bonchev–Trinajstić information content (AvgIpc) is 2.51. The van der Waals surface area contributed by atoms with Gasteiger partial charge in [0.15, 0.2) is 0 Å². The summed E-state index contributed by atoms with van der Waals surface area (Å²) in [4.78, 5) is 1.79. The molecule has 0 saturated carbocycles. The molecule has 1 atom stereocenters. The highest BCUT2D eigenvalue weighted by Crippen LogP contribution is 2.43. The highest BCUT2D eigenvalue weighted by atomic mass is 35.6. The average molecular weight is 245 g/mol. The Hall–Kier alpha value is 0.01000. The molecule has 13 heavy (non-hydrogen) atoms. The molecule has 1 saturated heterocycles. The van der Waals surface area contributed by atoms with E-state index in [0.29, 0.717) is 0 Å². The summed E-state index contributed by atoms with van der Waals surface area (Å²) in [5.74, 6) is -0.103. The van der Waals surface area contributed by atoms with Crippen LogP contribution in [0.15, 0.2) is 11.6 Å². The lowest BCUT2D eigenvalue weighted by Crippen LogP contribution is -2.39. The number of hydrogen-bond donors (Lipinski definition) is 1. The largest absolute Gasteiger partial charge is 0.480 e. The molecular weight excluding hydrogens is 236 g/mol. The molecule has 0 spiro atoms. The van der Waals surface area contributed by atoms with E-state index in [2.05, 4.69) is 0 Å². The Labute approximate surface area is 90.8 Å². The minimum Gasteiger partial charge on any atom is -0.480 e. The molecule has 0 aromatic rings. The molecule has 2 rings (SSSR count). The Morgan fingerprint density at radius 2 is 2.15 bits per heavy atom. The van der Waals surface area contributed by atoms with Crippen molar-refractivity contribution in [2.45, 2.75) is 22.9 Å². The van der Waals surface area contributed by atoms with Crippen molar-refractivity contribution in [1.29, 1.82) is 0 Å². The van der Waals surface area contributed by atoms with E-state index < -0.39 is 10.0 Å². The summed E-state index contributed by atoms with van der Waals surface area (Å²) >= 11 is 17.1. The van der Waals surface area contributed by atoms with Gasteiger partial charge in [-0.3, -0.25) is 0 Å². The monoisotopic (exact) mass is 243 g/mol. The van der Waals surface area contributed by atoms with Crippen LogP contribution in [0, 0.1) is 0 Å². The van der Waals surface area contributed by atoms with Gasteiger partial charge in [-0.15, -0.1) is 0 Å². The third kappa shape index (κ3) is 1.53. The fourth-order valence-corrected chi connectivity index (χ4v) is 2.15. The van der Waals surface area contributed by atoms with Gasteiger partial charge in [-0.25, -0.2) is 0 Å². The minimum absolute atomic E-state index is 0.103. The van der Waals surface area contributed by atoms with Crippen molar-refractivity contribution in [3.63, 3.8) is 0 Å². The van der Waals surface area contributed by atoms with Gasteiger partial charge in [-0.05, 0) is 12.8 Å². The second-order valence-corrected chi connectivity index (χ2v) is 5.43. The van der Waals surface area contributed by atoms with Crippen LogP contribution >= 0.6 is 34.8 Å². The summed E-state index contributed by atoms with van der Waals surface area (Å²) in [6, 6.07) is 0. The van der Waals surface area contributed by atoms with Gasteiger partial charge >= 0.3 is 0 Å². The number of fused-ring (bicyclic) bond motifs is 1. The third-order valence-corrected chi connectivity index (χ3v) is 2.75. The van der Waals surface area contributed by atoms with E-state index in [0.717, 1.165) is 25.1 Å². The number of rotatable bonds is 0. The molecule has 3 nitrogen and oxygen atoms in total. The van der Waals surface area contributed by atoms with E-state index in [9.17, 15) is 5.11 Å². The summed E-state index contributed by atoms with van der Waals surface area (Å²) < 4.78 is 3.53. The Kier molecular flexibility index (Phi) is 2.21. The highest BCUT2D eigenvalue weighted by molar-refractivity contribution is 6.68. The molecule has 1 N–H and O–H groups in total. The first-order valence-corrected chi connectivity index (χ1v) is 5.05. The number of hydrogen-bond acceptors (Lipinski definition) is 3. The number of nitrogens with zero attached hydrogens (tertiary/aromatic N) is 1. The van der Waals surface area contributed by atoms with Gasteiger partial charge in [0.2, 0.25) is 10.0 Å². The summed E-state index contributed by atoms with van der Waals surface area (Å²) in [7, 11) is 0. The van der Waals surface area contributed by atoms with E-state index in [1.165, 1.54) is 0 Å². The van der Waals surface area contributed by atoms with Gasteiger partial charge in [0, 0.05) is 6.54 Å². The van der Waals surface area contributed by atoms with Gasteiger partial charge in [-0.1, -0.05) is 34.8 Å². The van der Waals surface area contributed by atoms with Crippen LogP contribution in [0.3, 0.4) is 0 Å². The smallest absolute Gasteiger partial charge is 0.299 e. The normalized spacial score (nSPS) is 27.9. The quantitative estimate of drug-likeness (QED) is 0.665. The van der Waals surface area contributed by atoms with Crippen molar-refractivity contribution >= 4 is 34.8 Å². The van der Waals surface area contributed by atoms with Gasteiger partial charge in [-0.2, -0.15) is 0 Å². The third-order valence-electron chi connectivity index (χ3n) is 2.19. The van der Waals surface area contributed by atoms with E-state index in [1.807, 2.05) is 0 Å². The van der Waals surface area contributed by atoms with Crippen molar-refractivity contribution in [3.8, 4) is 0 Å². The van der Waals surface area contributed by atoms with Crippen LogP contribution in [0.25, 0.3) is 0 Å². The van der Waals surface area contributed by atoms with E-state index in [1.54, 1.807) is 4.90 Å². The van der Waals surface area contributed by atoms with E-state index in [4.69, 9.17) is 39.5 Å². The van der Waals surface area contributed by atoms with Gasteiger partial charge in [0.25, 0.3) is 5.95 Å². The van der Waals surface area contributed by atoms with Crippen molar-refractivity contribution in [1.82, 2.24) is 4.90 Å². The van der Waals surface area contributed by atoms with Crippen molar-refractivity contribution in [3.05, 3.63) is 11.6 Å².